The van der Waals surface area contributed by atoms with Gasteiger partial charge in [-0.15, -0.1) is 0 Å². The van der Waals surface area contributed by atoms with E-state index in [2.05, 4.69) is 17.1 Å². The van der Waals surface area contributed by atoms with E-state index in [-0.39, 0.29) is 17.7 Å². The van der Waals surface area contributed by atoms with Crippen LogP contribution in [0.4, 0.5) is 0 Å². The van der Waals surface area contributed by atoms with Gasteiger partial charge in [0, 0.05) is 32.3 Å². The van der Waals surface area contributed by atoms with Crippen molar-refractivity contribution >= 4 is 11.8 Å². The lowest BCUT2D eigenvalue weighted by atomic mass is 10.1. The lowest BCUT2D eigenvalue weighted by molar-refractivity contribution is -0.136. The summed E-state index contributed by atoms with van der Waals surface area (Å²) >= 11 is 0. The molecule has 5 nitrogen and oxygen atoms in total. The summed E-state index contributed by atoms with van der Waals surface area (Å²) in [5, 5.41) is 0. The average Bonchev–Trinajstić information content (AvgIpc) is 3.19. The number of likely N-dealkylation sites (tertiary alicyclic amines) is 1. The molecule has 4 rings (SSSR count). The van der Waals surface area contributed by atoms with Gasteiger partial charge in [0.25, 0.3) is 0 Å². The van der Waals surface area contributed by atoms with E-state index in [1.165, 1.54) is 11.1 Å². The molecule has 0 N–H and O–H groups in total. The first-order chi connectivity index (χ1) is 11.7. The maximum absolute atomic E-state index is 12.8. The first-order valence-electron chi connectivity index (χ1n) is 8.24. The highest BCUT2D eigenvalue weighted by molar-refractivity contribution is 5.89. The van der Waals surface area contributed by atoms with Crippen LogP contribution in [0.3, 0.4) is 0 Å². The third kappa shape index (κ3) is 2.77. The Bertz CT molecular complexity index is 750. The van der Waals surface area contributed by atoms with E-state index in [0.717, 1.165) is 5.69 Å². The van der Waals surface area contributed by atoms with Gasteiger partial charge in [0.05, 0.1) is 18.2 Å². The predicted octanol–water partition coefficient (Wildman–Crippen LogP) is 1.97. The Balaban J connectivity index is 1.41. The first-order valence-corrected chi connectivity index (χ1v) is 8.24. The molecule has 5 heteroatoms. The molecule has 122 valence electrons. The number of carbonyl (C=O) groups excluding carboxylic acids is 2. The summed E-state index contributed by atoms with van der Waals surface area (Å²) in [6.45, 7) is 2.27. The van der Waals surface area contributed by atoms with Crippen LogP contribution in [-0.2, 0) is 29.2 Å². The van der Waals surface area contributed by atoms with E-state index in [1.807, 2.05) is 35.2 Å². The lowest BCUT2D eigenvalue weighted by Crippen LogP contribution is -2.33. The van der Waals surface area contributed by atoms with Crippen molar-refractivity contribution in [2.75, 3.05) is 6.54 Å². The maximum Gasteiger partial charge on any atom is 0.228 e. The number of nitrogens with zero attached hydrogens (tertiary/aromatic N) is 3. The van der Waals surface area contributed by atoms with Crippen LogP contribution in [-0.4, -0.2) is 33.1 Å². The molecule has 1 saturated heterocycles. The summed E-state index contributed by atoms with van der Waals surface area (Å²) in [5.41, 5.74) is 3.27. The second-order valence-electron chi connectivity index (χ2n) is 6.46. The second kappa shape index (κ2) is 6.07. The summed E-state index contributed by atoms with van der Waals surface area (Å²) in [7, 11) is 0. The molecule has 1 atom stereocenters. The number of fused-ring (bicyclic) bond motifs is 1. The summed E-state index contributed by atoms with van der Waals surface area (Å²) < 4.78 is 0. The molecule has 2 aromatic rings. The average molecular weight is 321 g/mol. The van der Waals surface area contributed by atoms with Crippen LogP contribution in [0.5, 0.6) is 0 Å². The van der Waals surface area contributed by atoms with E-state index < -0.39 is 0 Å². The molecule has 2 aliphatic heterocycles. The number of benzene rings is 1. The molecule has 0 radical (unpaired) electrons. The number of amides is 2. The largest absolute Gasteiger partial charge is 0.336 e. The summed E-state index contributed by atoms with van der Waals surface area (Å²) in [6, 6.07) is 13.8. The molecule has 0 spiro atoms. The molecule has 0 unspecified atom stereocenters. The van der Waals surface area contributed by atoms with Gasteiger partial charge in [-0.1, -0.05) is 30.3 Å². The third-order valence-corrected chi connectivity index (χ3v) is 4.80. The van der Waals surface area contributed by atoms with E-state index in [9.17, 15) is 9.59 Å². The summed E-state index contributed by atoms with van der Waals surface area (Å²) in [6.07, 6.45) is 2.03. The van der Waals surface area contributed by atoms with E-state index in [0.29, 0.717) is 32.6 Å². The van der Waals surface area contributed by atoms with Gasteiger partial charge in [0.2, 0.25) is 11.8 Å². The van der Waals surface area contributed by atoms with Crippen LogP contribution in [0.15, 0.2) is 48.7 Å². The highest BCUT2D eigenvalue weighted by atomic mass is 16.2. The topological polar surface area (TPSA) is 53.5 Å². The van der Waals surface area contributed by atoms with Crippen molar-refractivity contribution < 1.29 is 9.59 Å². The molecule has 3 heterocycles. The zero-order valence-electron chi connectivity index (χ0n) is 13.4. The number of hydrogen-bond donors (Lipinski definition) is 0. The second-order valence-corrected chi connectivity index (χ2v) is 6.46. The molecule has 1 fully saturated rings. The first kappa shape index (κ1) is 14.9. The highest BCUT2D eigenvalue weighted by Gasteiger charge is 2.37. The Morgan fingerprint density at radius 1 is 1.08 bits per heavy atom. The molecule has 0 bridgehead atoms. The van der Waals surface area contributed by atoms with E-state index >= 15 is 0 Å². The van der Waals surface area contributed by atoms with Gasteiger partial charge in [0.15, 0.2) is 0 Å². The smallest absolute Gasteiger partial charge is 0.228 e. The van der Waals surface area contributed by atoms with Gasteiger partial charge in [-0.3, -0.25) is 14.6 Å². The van der Waals surface area contributed by atoms with Crippen LogP contribution < -0.4 is 0 Å². The van der Waals surface area contributed by atoms with Crippen LogP contribution in [0.1, 0.15) is 23.2 Å². The van der Waals surface area contributed by atoms with Crippen molar-refractivity contribution in [2.45, 2.75) is 26.1 Å². The maximum atomic E-state index is 12.8. The van der Waals surface area contributed by atoms with E-state index in [4.69, 9.17) is 0 Å². The Morgan fingerprint density at radius 3 is 2.46 bits per heavy atom. The molecule has 1 aromatic heterocycles. The highest BCUT2D eigenvalue weighted by Crippen LogP contribution is 2.27. The monoisotopic (exact) mass is 321 g/mol. The lowest BCUT2D eigenvalue weighted by Gasteiger charge is -2.20. The molecular formula is C19H19N3O2. The Kier molecular flexibility index (Phi) is 3.76. The number of pyridine rings is 1. The minimum absolute atomic E-state index is 0.0377. The number of rotatable bonds is 3. The van der Waals surface area contributed by atoms with Crippen molar-refractivity contribution in [1.82, 2.24) is 14.8 Å². The minimum Gasteiger partial charge on any atom is -0.336 e. The van der Waals surface area contributed by atoms with E-state index in [1.54, 1.807) is 11.1 Å². The normalized spacial score (nSPS) is 19.7. The van der Waals surface area contributed by atoms with Crippen molar-refractivity contribution in [3.05, 3.63) is 65.5 Å². The van der Waals surface area contributed by atoms with Crippen LogP contribution >= 0.6 is 0 Å². The predicted molar refractivity (Wildman–Crippen MR) is 88.5 cm³/mol. The third-order valence-electron chi connectivity index (χ3n) is 4.80. The SMILES string of the molecule is O=C1C[C@@H](C(=O)N2Cc3ccccc3C2)CN1Cc1ccccn1. The quantitative estimate of drug-likeness (QED) is 0.868. The van der Waals surface area contributed by atoms with Crippen LogP contribution in [0, 0.1) is 5.92 Å². The minimum atomic E-state index is -0.240. The Hall–Kier alpha value is -2.69. The fourth-order valence-electron chi connectivity index (χ4n) is 3.52. The van der Waals surface area contributed by atoms with Crippen molar-refractivity contribution in [2.24, 2.45) is 5.92 Å². The molecule has 1 aromatic carbocycles. The Morgan fingerprint density at radius 2 is 1.79 bits per heavy atom. The molecule has 24 heavy (non-hydrogen) atoms. The van der Waals surface area contributed by atoms with Gasteiger partial charge in [-0.25, -0.2) is 0 Å². The van der Waals surface area contributed by atoms with Crippen LogP contribution in [0.2, 0.25) is 0 Å². The van der Waals surface area contributed by atoms with Gasteiger partial charge >= 0.3 is 0 Å². The molecule has 0 saturated carbocycles. The summed E-state index contributed by atoms with van der Waals surface area (Å²) in [4.78, 5) is 32.9. The number of aromatic nitrogens is 1. The molecule has 2 amide bonds. The van der Waals surface area contributed by atoms with Crippen molar-refractivity contribution in [3.8, 4) is 0 Å². The van der Waals surface area contributed by atoms with Gasteiger partial charge in [0.1, 0.15) is 0 Å². The molecule has 0 aliphatic carbocycles. The zero-order chi connectivity index (χ0) is 16.5. The van der Waals surface area contributed by atoms with Crippen molar-refractivity contribution in [1.29, 1.82) is 0 Å². The number of hydrogen-bond acceptors (Lipinski definition) is 3. The summed E-state index contributed by atoms with van der Waals surface area (Å²) in [5.74, 6) is -0.116. The fraction of sp³-hybridized carbons (Fsp3) is 0.316. The van der Waals surface area contributed by atoms with Crippen molar-refractivity contribution in [3.63, 3.8) is 0 Å². The fourth-order valence-corrected chi connectivity index (χ4v) is 3.52. The van der Waals surface area contributed by atoms with Gasteiger partial charge < -0.3 is 9.80 Å². The van der Waals surface area contributed by atoms with Crippen LogP contribution in [0.25, 0.3) is 0 Å². The molecular weight excluding hydrogens is 302 g/mol. The van der Waals surface area contributed by atoms with Gasteiger partial charge in [-0.05, 0) is 23.3 Å². The Labute approximate surface area is 140 Å². The molecule has 2 aliphatic rings. The zero-order valence-corrected chi connectivity index (χ0v) is 13.4. The standard InChI is InChI=1S/C19H19N3O2/c23-18-9-16(12-21(18)13-17-7-3-4-8-20-17)19(24)22-10-14-5-1-2-6-15(14)11-22/h1-8,16H,9-13H2/t16-/m1/s1. The van der Waals surface area contributed by atoms with Gasteiger partial charge in [-0.2, -0.15) is 0 Å². The number of carbonyl (C=O) groups is 2.